The standard InChI is InChI=1S/C26H39BrClNO2/c27-22-18-19-23-25(26(22)28)21(20-29-23)16-14-12-10-8-6-4-2-1-3-5-7-9-11-13-15-17-24(30)31/h18-20,29H,1-17H2,(H,30,31). The lowest BCUT2D eigenvalue weighted by molar-refractivity contribution is -0.137. The van der Waals surface area contributed by atoms with Gasteiger partial charge in [0, 0.05) is 28.0 Å². The molecule has 0 saturated carbocycles. The van der Waals surface area contributed by atoms with Crippen molar-refractivity contribution >= 4 is 44.4 Å². The molecular weight excluding hydrogens is 474 g/mol. The molecule has 174 valence electrons. The van der Waals surface area contributed by atoms with Gasteiger partial charge in [0.05, 0.1) is 5.02 Å². The number of aromatic nitrogens is 1. The van der Waals surface area contributed by atoms with Crippen LogP contribution in [-0.2, 0) is 11.2 Å². The Kier molecular flexibility index (Phi) is 13.3. The number of nitrogens with one attached hydrogen (secondary N) is 1. The van der Waals surface area contributed by atoms with Gasteiger partial charge >= 0.3 is 5.97 Å². The van der Waals surface area contributed by atoms with Crippen LogP contribution in [0.25, 0.3) is 10.9 Å². The minimum absolute atomic E-state index is 0.330. The average molecular weight is 513 g/mol. The lowest BCUT2D eigenvalue weighted by Crippen LogP contribution is -1.93. The van der Waals surface area contributed by atoms with Gasteiger partial charge in [-0.15, -0.1) is 0 Å². The molecule has 2 aromatic rings. The third-order valence-electron chi connectivity index (χ3n) is 6.15. The van der Waals surface area contributed by atoms with Crippen molar-refractivity contribution < 1.29 is 9.90 Å². The number of aliphatic carboxylic acids is 1. The Morgan fingerprint density at radius 3 is 1.81 bits per heavy atom. The van der Waals surface area contributed by atoms with E-state index in [0.717, 1.165) is 34.3 Å². The Bertz CT molecular complexity index is 774. The smallest absolute Gasteiger partial charge is 0.303 e. The summed E-state index contributed by atoms with van der Waals surface area (Å²) in [4.78, 5) is 13.8. The summed E-state index contributed by atoms with van der Waals surface area (Å²) in [7, 11) is 0. The van der Waals surface area contributed by atoms with Gasteiger partial charge in [0.25, 0.3) is 0 Å². The van der Waals surface area contributed by atoms with Gasteiger partial charge in [0.2, 0.25) is 0 Å². The molecule has 1 aromatic heterocycles. The Hall–Kier alpha value is -1.000. The SMILES string of the molecule is O=C(O)CCCCCCCCCCCCCCCCCc1c[nH]c2ccc(Br)c(Cl)c12. The van der Waals surface area contributed by atoms with Gasteiger partial charge in [-0.1, -0.05) is 95.1 Å². The van der Waals surface area contributed by atoms with E-state index in [1.165, 1.54) is 94.4 Å². The van der Waals surface area contributed by atoms with E-state index in [-0.39, 0.29) is 0 Å². The second-order valence-electron chi connectivity index (χ2n) is 8.79. The van der Waals surface area contributed by atoms with Crippen molar-refractivity contribution in [3.05, 3.63) is 33.4 Å². The molecule has 5 heteroatoms. The molecule has 0 unspecified atom stereocenters. The second kappa shape index (κ2) is 15.7. The number of aromatic amines is 1. The van der Waals surface area contributed by atoms with Crippen LogP contribution in [0.5, 0.6) is 0 Å². The zero-order chi connectivity index (χ0) is 22.3. The summed E-state index contributed by atoms with van der Waals surface area (Å²) < 4.78 is 0.968. The van der Waals surface area contributed by atoms with Crippen molar-refractivity contribution in [2.75, 3.05) is 0 Å². The van der Waals surface area contributed by atoms with Crippen molar-refractivity contribution in [1.29, 1.82) is 0 Å². The molecule has 0 saturated heterocycles. The number of aryl methyl sites for hydroxylation is 1. The fourth-order valence-corrected chi connectivity index (χ4v) is 4.93. The van der Waals surface area contributed by atoms with Crippen LogP contribution in [0.15, 0.2) is 22.8 Å². The predicted molar refractivity (Wildman–Crippen MR) is 136 cm³/mol. The summed E-state index contributed by atoms with van der Waals surface area (Å²) >= 11 is 10.0. The van der Waals surface area contributed by atoms with Gasteiger partial charge in [-0.25, -0.2) is 0 Å². The Balaban J connectivity index is 1.38. The molecule has 0 amide bonds. The first-order valence-electron chi connectivity index (χ1n) is 12.3. The topological polar surface area (TPSA) is 53.1 Å². The Labute approximate surface area is 201 Å². The number of carboxylic acid groups (broad SMARTS) is 1. The van der Waals surface area contributed by atoms with Gasteiger partial charge in [0.15, 0.2) is 0 Å². The lowest BCUT2D eigenvalue weighted by atomic mass is 10.0. The first kappa shape index (κ1) is 26.3. The average Bonchev–Trinajstić information content (AvgIpc) is 3.16. The maximum absolute atomic E-state index is 10.4. The van der Waals surface area contributed by atoms with Gasteiger partial charge in [-0.3, -0.25) is 4.79 Å². The van der Waals surface area contributed by atoms with Crippen LogP contribution in [0.2, 0.25) is 5.02 Å². The van der Waals surface area contributed by atoms with Gasteiger partial charge < -0.3 is 10.1 Å². The summed E-state index contributed by atoms with van der Waals surface area (Å²) in [5, 5.41) is 10.6. The highest BCUT2D eigenvalue weighted by Gasteiger charge is 2.10. The maximum Gasteiger partial charge on any atom is 0.303 e. The molecule has 0 aliphatic rings. The summed E-state index contributed by atoms with van der Waals surface area (Å²) in [6, 6.07) is 4.08. The molecule has 0 aliphatic heterocycles. The van der Waals surface area contributed by atoms with E-state index in [1.54, 1.807) is 0 Å². The van der Waals surface area contributed by atoms with E-state index >= 15 is 0 Å². The fourth-order valence-electron chi connectivity index (χ4n) is 4.31. The van der Waals surface area contributed by atoms with Gasteiger partial charge in [-0.05, 0) is 52.9 Å². The van der Waals surface area contributed by atoms with Crippen molar-refractivity contribution in [2.24, 2.45) is 0 Å². The van der Waals surface area contributed by atoms with Gasteiger partial charge in [0.1, 0.15) is 0 Å². The number of hydrogen-bond donors (Lipinski definition) is 2. The number of carboxylic acids is 1. The third-order valence-corrected chi connectivity index (χ3v) is 7.44. The monoisotopic (exact) mass is 511 g/mol. The fraction of sp³-hybridized carbons (Fsp3) is 0.654. The second-order valence-corrected chi connectivity index (χ2v) is 10.0. The third kappa shape index (κ3) is 10.4. The minimum Gasteiger partial charge on any atom is -0.481 e. The number of rotatable bonds is 18. The molecule has 1 heterocycles. The highest BCUT2D eigenvalue weighted by molar-refractivity contribution is 9.10. The van der Waals surface area contributed by atoms with Crippen molar-refractivity contribution in [3.8, 4) is 0 Å². The molecular formula is C26H39BrClNO2. The number of fused-ring (bicyclic) bond motifs is 1. The number of unbranched alkanes of at least 4 members (excludes halogenated alkanes) is 14. The molecule has 2 N–H and O–H groups in total. The number of benzene rings is 1. The van der Waals surface area contributed by atoms with Crippen LogP contribution >= 0.6 is 27.5 Å². The molecule has 0 fully saturated rings. The summed E-state index contributed by atoms with van der Waals surface area (Å²) in [5.74, 6) is -0.663. The number of carbonyl (C=O) groups is 1. The molecule has 2 rings (SSSR count). The summed E-state index contributed by atoms with van der Waals surface area (Å²) in [6.07, 6.45) is 22.6. The highest BCUT2D eigenvalue weighted by atomic mass is 79.9. The van der Waals surface area contributed by atoms with Crippen LogP contribution in [0.4, 0.5) is 0 Å². The molecule has 0 radical (unpaired) electrons. The van der Waals surface area contributed by atoms with E-state index in [0.29, 0.717) is 6.42 Å². The van der Waals surface area contributed by atoms with Crippen molar-refractivity contribution in [2.45, 2.75) is 109 Å². The Morgan fingerprint density at radius 1 is 0.806 bits per heavy atom. The van der Waals surface area contributed by atoms with E-state index < -0.39 is 5.97 Å². The van der Waals surface area contributed by atoms with Crippen LogP contribution in [0.3, 0.4) is 0 Å². The lowest BCUT2D eigenvalue weighted by Gasteiger charge is -2.04. The molecule has 31 heavy (non-hydrogen) atoms. The number of hydrogen-bond acceptors (Lipinski definition) is 1. The van der Waals surface area contributed by atoms with Crippen LogP contribution < -0.4 is 0 Å². The minimum atomic E-state index is -0.663. The van der Waals surface area contributed by atoms with Gasteiger partial charge in [-0.2, -0.15) is 0 Å². The zero-order valence-corrected chi connectivity index (χ0v) is 21.2. The molecule has 1 aromatic carbocycles. The van der Waals surface area contributed by atoms with Crippen molar-refractivity contribution in [3.63, 3.8) is 0 Å². The molecule has 0 spiro atoms. The van der Waals surface area contributed by atoms with Crippen LogP contribution in [-0.4, -0.2) is 16.1 Å². The molecule has 0 bridgehead atoms. The predicted octanol–water partition coefficient (Wildman–Crippen LogP) is 9.45. The number of H-pyrrole nitrogens is 1. The highest BCUT2D eigenvalue weighted by Crippen LogP contribution is 2.33. The van der Waals surface area contributed by atoms with Crippen molar-refractivity contribution in [1.82, 2.24) is 4.98 Å². The number of halogens is 2. The molecule has 3 nitrogen and oxygen atoms in total. The normalized spacial score (nSPS) is 11.4. The largest absolute Gasteiger partial charge is 0.481 e. The molecule has 0 aliphatic carbocycles. The van der Waals surface area contributed by atoms with E-state index in [4.69, 9.17) is 16.7 Å². The van der Waals surface area contributed by atoms with Crippen LogP contribution in [0, 0.1) is 0 Å². The zero-order valence-electron chi connectivity index (χ0n) is 18.9. The van der Waals surface area contributed by atoms with E-state index in [1.807, 2.05) is 6.07 Å². The molecule has 0 atom stereocenters. The summed E-state index contributed by atoms with van der Waals surface area (Å²) in [6.45, 7) is 0. The first-order chi connectivity index (χ1) is 15.1. The van der Waals surface area contributed by atoms with E-state index in [9.17, 15) is 4.79 Å². The van der Waals surface area contributed by atoms with E-state index in [2.05, 4.69) is 33.2 Å². The Morgan fingerprint density at radius 2 is 1.29 bits per heavy atom. The quantitative estimate of drug-likeness (QED) is 0.195. The first-order valence-corrected chi connectivity index (χ1v) is 13.4. The van der Waals surface area contributed by atoms with Crippen LogP contribution in [0.1, 0.15) is 108 Å². The maximum atomic E-state index is 10.4. The summed E-state index contributed by atoms with van der Waals surface area (Å²) in [5.41, 5.74) is 2.46.